The molecule has 0 bridgehead atoms. The summed E-state index contributed by atoms with van der Waals surface area (Å²) in [4.78, 5) is 0.377. The number of benzene rings is 2. The summed E-state index contributed by atoms with van der Waals surface area (Å²) < 4.78 is 29.6. The van der Waals surface area contributed by atoms with Crippen LogP contribution in [-0.4, -0.2) is 23.8 Å². The van der Waals surface area contributed by atoms with E-state index in [9.17, 15) is 8.42 Å². The largest absolute Gasteiger partial charge is 0.342 e. The van der Waals surface area contributed by atoms with Crippen molar-refractivity contribution in [2.24, 2.45) is 0 Å². The lowest BCUT2D eigenvalue weighted by Crippen LogP contribution is -2.38. The molecule has 0 N–H and O–H groups in total. The first-order valence-corrected chi connectivity index (χ1v) is 9.14. The van der Waals surface area contributed by atoms with E-state index in [1.54, 1.807) is 22.5 Å². The maximum Gasteiger partial charge on any atom is 0.243 e. The van der Waals surface area contributed by atoms with Crippen LogP contribution in [0.2, 0.25) is 0 Å². The van der Waals surface area contributed by atoms with Crippen molar-refractivity contribution in [1.82, 2.24) is 8.87 Å². The van der Waals surface area contributed by atoms with Gasteiger partial charge in [-0.05, 0) is 42.1 Å². The number of nitrogens with zero attached hydrogens (tertiary/aromatic N) is 2. The molecule has 0 fully saturated rings. The Bertz CT molecular complexity index is 989. The molecule has 3 aromatic rings. The van der Waals surface area contributed by atoms with Gasteiger partial charge < -0.3 is 4.57 Å². The van der Waals surface area contributed by atoms with E-state index in [0.717, 1.165) is 16.6 Å². The molecule has 1 aliphatic heterocycles. The molecule has 4 rings (SSSR count). The van der Waals surface area contributed by atoms with E-state index in [0.29, 0.717) is 24.5 Å². The van der Waals surface area contributed by atoms with Gasteiger partial charge in [0.2, 0.25) is 10.0 Å². The molecule has 0 spiro atoms. The third-order valence-electron chi connectivity index (χ3n) is 4.44. The number of hydrogen-bond acceptors (Lipinski definition) is 2. The molecule has 0 atom stereocenters. The first kappa shape index (κ1) is 14.5. The molecular formula is C18H18N2O2S. The highest BCUT2D eigenvalue weighted by molar-refractivity contribution is 7.89. The lowest BCUT2D eigenvalue weighted by Gasteiger charge is -2.28. The zero-order valence-corrected chi connectivity index (χ0v) is 13.8. The Balaban J connectivity index is 1.72. The minimum absolute atomic E-state index is 0.377. The van der Waals surface area contributed by atoms with Crippen molar-refractivity contribution in [3.05, 3.63) is 65.9 Å². The number of aromatic nitrogens is 1. The van der Waals surface area contributed by atoms with Gasteiger partial charge in [-0.1, -0.05) is 30.3 Å². The van der Waals surface area contributed by atoms with E-state index >= 15 is 0 Å². The number of sulfonamides is 1. The van der Waals surface area contributed by atoms with E-state index in [-0.39, 0.29) is 0 Å². The fourth-order valence-electron chi connectivity index (χ4n) is 3.26. The molecule has 0 unspecified atom stereocenters. The van der Waals surface area contributed by atoms with Crippen LogP contribution in [-0.2, 0) is 23.1 Å². The molecule has 1 aromatic heterocycles. The number of aryl methyl sites for hydroxylation is 1. The molecule has 5 heteroatoms. The van der Waals surface area contributed by atoms with Gasteiger partial charge in [-0.25, -0.2) is 8.42 Å². The fraction of sp³-hybridized carbons (Fsp3) is 0.222. The maximum atomic E-state index is 12.9. The highest BCUT2D eigenvalue weighted by atomic mass is 32.2. The second-order valence-corrected chi connectivity index (χ2v) is 7.94. The summed E-state index contributed by atoms with van der Waals surface area (Å²) in [5, 5.41) is 1.16. The summed E-state index contributed by atoms with van der Waals surface area (Å²) >= 11 is 0. The molecule has 118 valence electrons. The minimum Gasteiger partial charge on any atom is -0.342 e. The van der Waals surface area contributed by atoms with E-state index in [2.05, 4.69) is 22.8 Å². The average Bonchev–Trinajstić information content (AvgIpc) is 2.92. The van der Waals surface area contributed by atoms with Crippen LogP contribution >= 0.6 is 0 Å². The Kier molecular flexibility index (Phi) is 3.28. The topological polar surface area (TPSA) is 42.3 Å². The molecule has 1 aliphatic rings. The number of rotatable bonds is 2. The van der Waals surface area contributed by atoms with E-state index in [4.69, 9.17) is 0 Å². The lowest BCUT2D eigenvalue weighted by atomic mass is 10.2. The third kappa shape index (κ3) is 2.36. The van der Waals surface area contributed by atoms with Crippen molar-refractivity contribution in [3.63, 3.8) is 0 Å². The predicted molar refractivity (Wildman–Crippen MR) is 90.7 cm³/mol. The van der Waals surface area contributed by atoms with Gasteiger partial charge in [-0.2, -0.15) is 4.31 Å². The zero-order valence-electron chi connectivity index (χ0n) is 12.9. The van der Waals surface area contributed by atoms with Crippen LogP contribution in [0.4, 0.5) is 0 Å². The third-order valence-corrected chi connectivity index (χ3v) is 6.28. The van der Waals surface area contributed by atoms with E-state index in [1.807, 2.05) is 25.1 Å². The molecule has 0 saturated heterocycles. The van der Waals surface area contributed by atoms with Crippen molar-refractivity contribution in [1.29, 1.82) is 0 Å². The summed E-state index contributed by atoms with van der Waals surface area (Å²) in [6.45, 7) is 3.52. The Morgan fingerprint density at radius 1 is 0.957 bits per heavy atom. The fourth-order valence-corrected chi connectivity index (χ4v) is 4.77. The molecule has 2 aromatic carbocycles. The van der Waals surface area contributed by atoms with Crippen molar-refractivity contribution in [3.8, 4) is 0 Å². The van der Waals surface area contributed by atoms with Gasteiger partial charge in [0.05, 0.1) is 11.4 Å². The average molecular weight is 326 g/mol. The monoisotopic (exact) mass is 326 g/mol. The minimum atomic E-state index is -3.44. The van der Waals surface area contributed by atoms with Gasteiger partial charge in [-0.3, -0.25) is 0 Å². The predicted octanol–water partition coefficient (Wildman–Crippen LogP) is 3.15. The van der Waals surface area contributed by atoms with Crippen LogP contribution in [0.5, 0.6) is 0 Å². The Morgan fingerprint density at radius 2 is 1.78 bits per heavy atom. The van der Waals surface area contributed by atoms with Crippen LogP contribution in [0, 0.1) is 6.92 Å². The lowest BCUT2D eigenvalue weighted by molar-refractivity contribution is 0.345. The van der Waals surface area contributed by atoms with Crippen molar-refractivity contribution in [2.75, 3.05) is 6.54 Å². The molecule has 0 amide bonds. The highest BCUT2D eigenvalue weighted by Crippen LogP contribution is 2.27. The van der Waals surface area contributed by atoms with E-state index < -0.39 is 10.0 Å². The highest BCUT2D eigenvalue weighted by Gasteiger charge is 2.29. The normalized spacial score (nSPS) is 15.7. The summed E-state index contributed by atoms with van der Waals surface area (Å²) in [5.74, 6) is 0. The summed E-state index contributed by atoms with van der Waals surface area (Å²) in [6, 6.07) is 17.4. The number of hydrogen-bond donors (Lipinski definition) is 0. The molecular weight excluding hydrogens is 308 g/mol. The van der Waals surface area contributed by atoms with Crippen molar-refractivity contribution in [2.45, 2.75) is 24.9 Å². The molecule has 0 aliphatic carbocycles. The van der Waals surface area contributed by atoms with Crippen LogP contribution in [0.25, 0.3) is 10.9 Å². The zero-order chi connectivity index (χ0) is 16.0. The Labute approximate surface area is 136 Å². The summed E-state index contributed by atoms with van der Waals surface area (Å²) in [5.41, 5.74) is 3.18. The second kappa shape index (κ2) is 5.22. The second-order valence-electron chi connectivity index (χ2n) is 6.00. The molecule has 23 heavy (non-hydrogen) atoms. The van der Waals surface area contributed by atoms with Gasteiger partial charge in [0, 0.05) is 24.3 Å². The quantitative estimate of drug-likeness (QED) is 0.726. The van der Waals surface area contributed by atoms with Gasteiger partial charge in [0.15, 0.2) is 0 Å². The Hall–Kier alpha value is -2.11. The molecule has 4 nitrogen and oxygen atoms in total. The van der Waals surface area contributed by atoms with Crippen LogP contribution in [0.15, 0.2) is 59.5 Å². The SMILES string of the molecule is Cc1cccc(S(=O)(=O)N2CCn3c(cc4ccccc43)C2)c1. The number of para-hydroxylation sites is 1. The van der Waals surface area contributed by atoms with Crippen LogP contribution in [0.1, 0.15) is 11.3 Å². The van der Waals surface area contributed by atoms with Crippen molar-refractivity contribution < 1.29 is 8.42 Å². The summed E-state index contributed by atoms with van der Waals surface area (Å²) in [6.07, 6.45) is 0. The van der Waals surface area contributed by atoms with E-state index in [1.165, 1.54) is 5.52 Å². The first-order chi connectivity index (χ1) is 11.1. The van der Waals surface area contributed by atoms with Gasteiger partial charge in [-0.15, -0.1) is 0 Å². The van der Waals surface area contributed by atoms with Gasteiger partial charge in [0.25, 0.3) is 0 Å². The molecule has 0 radical (unpaired) electrons. The van der Waals surface area contributed by atoms with Gasteiger partial charge in [0.1, 0.15) is 0 Å². The molecule has 0 saturated carbocycles. The maximum absolute atomic E-state index is 12.9. The van der Waals surface area contributed by atoms with Gasteiger partial charge >= 0.3 is 0 Å². The van der Waals surface area contributed by atoms with Crippen LogP contribution in [0.3, 0.4) is 0 Å². The smallest absolute Gasteiger partial charge is 0.243 e. The first-order valence-electron chi connectivity index (χ1n) is 7.70. The standard InChI is InChI=1S/C18H18N2O2S/c1-14-5-4-7-17(11-14)23(21,22)19-9-10-20-16(13-19)12-15-6-2-3-8-18(15)20/h2-8,11-12H,9-10,13H2,1H3. The van der Waals surface area contributed by atoms with Crippen molar-refractivity contribution >= 4 is 20.9 Å². The summed E-state index contributed by atoms with van der Waals surface area (Å²) in [7, 11) is -3.44. The van der Waals surface area contributed by atoms with Crippen LogP contribution < -0.4 is 0 Å². The Morgan fingerprint density at radius 3 is 2.61 bits per heavy atom. The number of fused-ring (bicyclic) bond motifs is 3. The molecule has 2 heterocycles.